The molecule has 2 aliphatic rings. The number of aliphatic hydroxyl groups excluding tert-OH is 1. The number of hydrogen-bond acceptors (Lipinski definition) is 6. The summed E-state index contributed by atoms with van der Waals surface area (Å²) in [5.74, 6) is 1.56. The van der Waals surface area contributed by atoms with Gasteiger partial charge in [-0.25, -0.2) is 0 Å². The summed E-state index contributed by atoms with van der Waals surface area (Å²) in [4.78, 5) is 16.4. The van der Waals surface area contributed by atoms with Crippen molar-refractivity contribution in [2.24, 2.45) is 11.7 Å². The van der Waals surface area contributed by atoms with Gasteiger partial charge < -0.3 is 20.7 Å². The molecule has 2 fully saturated rings. The minimum Gasteiger partial charge on any atom is -0.391 e. The van der Waals surface area contributed by atoms with Crippen molar-refractivity contribution in [3.8, 4) is 0 Å². The van der Waals surface area contributed by atoms with E-state index in [4.69, 9.17) is 10.3 Å². The number of halogens is 1. The van der Waals surface area contributed by atoms with Gasteiger partial charge in [-0.1, -0.05) is 18.0 Å². The van der Waals surface area contributed by atoms with E-state index in [-0.39, 0.29) is 30.3 Å². The fourth-order valence-electron chi connectivity index (χ4n) is 3.41. The van der Waals surface area contributed by atoms with Gasteiger partial charge in [-0.3, -0.25) is 4.79 Å². The fraction of sp³-hybridized carbons (Fsp3) is 0.800. The molecule has 1 heterocycles. The van der Waals surface area contributed by atoms with Crippen LogP contribution in [0.25, 0.3) is 0 Å². The van der Waals surface area contributed by atoms with Gasteiger partial charge >= 0.3 is 0 Å². The highest BCUT2D eigenvalue weighted by Gasteiger charge is 2.34. The molecule has 0 aromatic carbocycles. The molecule has 2 aliphatic carbocycles. The van der Waals surface area contributed by atoms with E-state index in [1.54, 1.807) is 0 Å². The normalized spacial score (nSPS) is 27.8. The summed E-state index contributed by atoms with van der Waals surface area (Å²) < 4.78 is 5.31. The molecular weight excluding hydrogens is 320 g/mol. The lowest BCUT2D eigenvalue weighted by Crippen LogP contribution is -2.32. The molecule has 1 aromatic heterocycles. The lowest BCUT2D eigenvalue weighted by atomic mass is 10.1. The number of nitrogens with two attached hydrogens (primary N) is 1. The maximum Gasteiger partial charge on any atom is 0.229 e. The van der Waals surface area contributed by atoms with Crippen LogP contribution in [0, 0.1) is 5.92 Å². The number of amides is 1. The second-order valence-electron chi connectivity index (χ2n) is 6.47. The van der Waals surface area contributed by atoms with E-state index >= 15 is 0 Å². The van der Waals surface area contributed by atoms with Crippen LogP contribution in [0.5, 0.6) is 0 Å². The molecule has 2 saturated carbocycles. The molecule has 0 spiro atoms. The van der Waals surface area contributed by atoms with Gasteiger partial charge in [0.25, 0.3) is 0 Å². The van der Waals surface area contributed by atoms with Gasteiger partial charge in [-0.15, -0.1) is 12.4 Å². The molecule has 0 aliphatic heterocycles. The zero-order chi connectivity index (χ0) is 15.5. The summed E-state index contributed by atoms with van der Waals surface area (Å²) in [5, 5.41) is 16.4. The number of nitrogens with one attached hydrogen (secondary N) is 1. The van der Waals surface area contributed by atoms with Crippen LogP contribution in [-0.4, -0.2) is 39.8 Å². The Labute approximate surface area is 141 Å². The van der Waals surface area contributed by atoms with E-state index in [1.807, 2.05) is 0 Å². The fourth-order valence-corrected chi connectivity index (χ4v) is 3.41. The van der Waals surface area contributed by atoms with Crippen LogP contribution in [0.1, 0.15) is 56.2 Å². The Morgan fingerprint density at radius 2 is 2.09 bits per heavy atom. The average Bonchev–Trinajstić information content (AvgIpc) is 3.21. The van der Waals surface area contributed by atoms with Crippen LogP contribution in [-0.2, 0) is 11.2 Å². The third kappa shape index (κ3) is 4.43. The van der Waals surface area contributed by atoms with Gasteiger partial charge in [0.15, 0.2) is 5.82 Å². The first-order valence-corrected chi connectivity index (χ1v) is 8.17. The minimum atomic E-state index is -0.568. The van der Waals surface area contributed by atoms with E-state index in [9.17, 15) is 9.90 Å². The van der Waals surface area contributed by atoms with Crippen LogP contribution in [0.2, 0.25) is 0 Å². The van der Waals surface area contributed by atoms with Crippen molar-refractivity contribution < 1.29 is 14.4 Å². The molecule has 7 nitrogen and oxygen atoms in total. The van der Waals surface area contributed by atoms with Crippen LogP contribution in [0.15, 0.2) is 4.52 Å². The number of nitrogens with zero attached hydrogens (tertiary/aromatic N) is 2. The third-order valence-corrected chi connectivity index (χ3v) is 4.78. The standard InChI is InChI=1S/C15H24N4O3.ClH/c16-11-7-10(8-12(11)20)14(21)17-6-5-13-18-15(22-19-13)9-3-1-2-4-9;/h9-12,20H,1-8,16H2,(H,17,21);1H/t10-,11-,12-;/m0./s1. The predicted molar refractivity (Wildman–Crippen MR) is 86.2 cm³/mol. The largest absolute Gasteiger partial charge is 0.391 e. The SMILES string of the molecule is Cl.N[C@H]1C[C@H](C(=O)NCCc2noc(C3CCCC3)n2)C[C@@H]1O. The van der Waals surface area contributed by atoms with E-state index in [0.717, 1.165) is 18.7 Å². The first-order valence-electron chi connectivity index (χ1n) is 8.17. The van der Waals surface area contributed by atoms with Crippen LogP contribution in [0.3, 0.4) is 0 Å². The molecule has 8 heteroatoms. The summed E-state index contributed by atoms with van der Waals surface area (Å²) >= 11 is 0. The molecule has 3 atom stereocenters. The van der Waals surface area contributed by atoms with Crippen LogP contribution in [0.4, 0.5) is 0 Å². The maximum absolute atomic E-state index is 12.0. The van der Waals surface area contributed by atoms with Gasteiger partial charge in [0, 0.05) is 30.8 Å². The van der Waals surface area contributed by atoms with Gasteiger partial charge in [-0.2, -0.15) is 4.98 Å². The molecule has 0 bridgehead atoms. The Bertz CT molecular complexity index is 509. The Kier molecular flexibility index (Phi) is 6.38. The smallest absolute Gasteiger partial charge is 0.229 e. The highest BCUT2D eigenvalue weighted by molar-refractivity contribution is 5.85. The van der Waals surface area contributed by atoms with E-state index in [2.05, 4.69) is 15.5 Å². The molecule has 0 saturated heterocycles. The van der Waals surface area contributed by atoms with Crippen molar-refractivity contribution in [1.29, 1.82) is 0 Å². The molecule has 3 rings (SSSR count). The Morgan fingerprint density at radius 1 is 1.35 bits per heavy atom. The van der Waals surface area contributed by atoms with Crippen molar-refractivity contribution in [3.63, 3.8) is 0 Å². The van der Waals surface area contributed by atoms with Crippen LogP contribution < -0.4 is 11.1 Å². The second-order valence-corrected chi connectivity index (χ2v) is 6.47. The van der Waals surface area contributed by atoms with E-state index < -0.39 is 6.10 Å². The number of aliphatic hydroxyl groups is 1. The molecule has 1 aromatic rings. The average molecular weight is 345 g/mol. The van der Waals surface area contributed by atoms with Gasteiger partial charge in [-0.05, 0) is 25.7 Å². The van der Waals surface area contributed by atoms with E-state index in [1.165, 1.54) is 12.8 Å². The molecule has 1 amide bonds. The van der Waals surface area contributed by atoms with Crippen molar-refractivity contribution in [1.82, 2.24) is 15.5 Å². The summed E-state index contributed by atoms with van der Waals surface area (Å²) in [6.07, 6.45) is 5.69. The zero-order valence-corrected chi connectivity index (χ0v) is 13.9. The Balaban J connectivity index is 0.00000192. The molecule has 0 radical (unpaired) electrons. The lowest BCUT2D eigenvalue weighted by Gasteiger charge is -2.09. The minimum absolute atomic E-state index is 0. The molecule has 0 unspecified atom stereocenters. The number of hydrogen-bond donors (Lipinski definition) is 3. The van der Waals surface area contributed by atoms with Crippen LogP contribution >= 0.6 is 12.4 Å². The first-order chi connectivity index (χ1) is 10.6. The van der Waals surface area contributed by atoms with Crippen molar-refractivity contribution in [3.05, 3.63) is 11.7 Å². The lowest BCUT2D eigenvalue weighted by molar-refractivity contribution is -0.125. The van der Waals surface area contributed by atoms with Gasteiger partial charge in [0.1, 0.15) is 0 Å². The number of carbonyl (C=O) groups excluding carboxylic acids is 1. The topological polar surface area (TPSA) is 114 Å². The maximum atomic E-state index is 12.0. The summed E-state index contributed by atoms with van der Waals surface area (Å²) in [7, 11) is 0. The summed E-state index contributed by atoms with van der Waals surface area (Å²) in [6.45, 7) is 0.476. The molecule has 23 heavy (non-hydrogen) atoms. The van der Waals surface area contributed by atoms with E-state index in [0.29, 0.717) is 37.5 Å². The summed E-state index contributed by atoms with van der Waals surface area (Å²) in [5.41, 5.74) is 5.73. The van der Waals surface area contributed by atoms with Crippen molar-refractivity contribution in [2.45, 2.75) is 63.0 Å². The highest BCUT2D eigenvalue weighted by atomic mass is 35.5. The number of rotatable bonds is 5. The Hall–Kier alpha value is -1.18. The van der Waals surface area contributed by atoms with Gasteiger partial charge in [0.05, 0.1) is 6.10 Å². The Morgan fingerprint density at radius 3 is 2.74 bits per heavy atom. The van der Waals surface area contributed by atoms with Crippen molar-refractivity contribution in [2.75, 3.05) is 6.54 Å². The monoisotopic (exact) mass is 344 g/mol. The molecule has 4 N–H and O–H groups in total. The highest BCUT2D eigenvalue weighted by Crippen LogP contribution is 2.32. The number of aromatic nitrogens is 2. The summed E-state index contributed by atoms with van der Waals surface area (Å²) in [6, 6.07) is -0.290. The first kappa shape index (κ1) is 18.2. The predicted octanol–water partition coefficient (Wildman–Crippen LogP) is 0.906. The zero-order valence-electron chi connectivity index (χ0n) is 13.1. The second kappa shape index (κ2) is 8.08. The third-order valence-electron chi connectivity index (χ3n) is 4.78. The molecule has 130 valence electrons. The quantitative estimate of drug-likeness (QED) is 0.731. The van der Waals surface area contributed by atoms with Gasteiger partial charge in [0.2, 0.25) is 11.8 Å². The molecular formula is C15H25ClN4O3. The van der Waals surface area contributed by atoms with Crippen molar-refractivity contribution >= 4 is 18.3 Å². The number of carbonyl (C=O) groups is 1.